The number of carbonyl (C=O) groups is 1. The molecule has 46 heavy (non-hydrogen) atoms. The number of carbonyl (C=O) groups excluding carboxylic acids is 1. The fraction of sp³-hybridized carbons (Fsp3) is 0.868. The van der Waals surface area contributed by atoms with Gasteiger partial charge in [-0.25, -0.2) is 0 Å². The van der Waals surface area contributed by atoms with Crippen LogP contribution in [-0.2, 0) is 14.9 Å². The molecule has 0 aliphatic carbocycles. The maximum Gasteiger partial charge on any atom is 0.266 e. The molecule has 0 radical (unpaired) electrons. The van der Waals surface area contributed by atoms with E-state index >= 15 is 0 Å². The number of amides is 1. The number of rotatable bonds is 34. The van der Waals surface area contributed by atoms with E-state index < -0.39 is 40.0 Å². The number of aliphatic hydroxyl groups excluding tert-OH is 2. The second kappa shape index (κ2) is 32.3. The van der Waals surface area contributed by atoms with Gasteiger partial charge in [0.05, 0.1) is 17.9 Å². The van der Waals surface area contributed by atoms with Gasteiger partial charge in [-0.05, 0) is 44.9 Å². The van der Waals surface area contributed by atoms with Gasteiger partial charge in [0.25, 0.3) is 10.1 Å². The Morgan fingerprint density at radius 3 is 1.41 bits per heavy atom. The van der Waals surface area contributed by atoms with Crippen LogP contribution in [0.1, 0.15) is 187 Å². The van der Waals surface area contributed by atoms with Crippen LogP contribution < -0.4 is 5.32 Å². The minimum atomic E-state index is -4.40. The fourth-order valence-electron chi connectivity index (χ4n) is 5.78. The average molecular weight is 672 g/mol. The molecule has 3 atom stereocenters. The normalized spacial score (nSPS) is 14.3. The summed E-state index contributed by atoms with van der Waals surface area (Å²) >= 11 is 0. The summed E-state index contributed by atoms with van der Waals surface area (Å²) < 4.78 is 32.3. The predicted octanol–water partition coefficient (Wildman–Crippen LogP) is 9.77. The summed E-state index contributed by atoms with van der Waals surface area (Å²) in [5.74, 6) is -1.47. The van der Waals surface area contributed by atoms with Gasteiger partial charge in [-0.15, -0.1) is 0 Å². The van der Waals surface area contributed by atoms with Crippen LogP contribution in [0.25, 0.3) is 0 Å². The van der Waals surface area contributed by atoms with Crippen molar-refractivity contribution in [2.45, 2.75) is 205 Å². The van der Waals surface area contributed by atoms with Gasteiger partial charge in [-0.3, -0.25) is 9.35 Å². The maximum atomic E-state index is 12.5. The van der Waals surface area contributed by atoms with E-state index in [2.05, 4.69) is 43.5 Å². The minimum absolute atomic E-state index is 0.285. The molecule has 7 nitrogen and oxygen atoms in total. The first kappa shape index (κ1) is 44.8. The third-order valence-corrected chi connectivity index (χ3v) is 9.55. The van der Waals surface area contributed by atoms with Gasteiger partial charge in [-0.1, -0.05) is 167 Å². The van der Waals surface area contributed by atoms with Crippen molar-refractivity contribution in [3.05, 3.63) is 24.3 Å². The number of nitrogens with one attached hydrogen (secondary N) is 1. The average Bonchev–Trinajstić information content (AvgIpc) is 3.01. The largest absolute Gasteiger partial charge is 0.391 e. The first-order chi connectivity index (χ1) is 22.2. The number of unbranched alkanes of at least 4 members (excludes halogenated alkanes) is 21. The van der Waals surface area contributed by atoms with Gasteiger partial charge in [0.2, 0.25) is 5.91 Å². The van der Waals surface area contributed by atoms with E-state index in [-0.39, 0.29) is 6.42 Å². The molecule has 4 N–H and O–H groups in total. The lowest BCUT2D eigenvalue weighted by atomic mass is 10.0. The molecule has 0 fully saturated rings. The van der Waals surface area contributed by atoms with E-state index in [0.717, 1.165) is 57.8 Å². The molecule has 0 rings (SSSR count). The van der Waals surface area contributed by atoms with Crippen LogP contribution in [0.5, 0.6) is 0 Å². The summed E-state index contributed by atoms with van der Waals surface area (Å²) in [5.41, 5.74) is 0. The highest BCUT2D eigenvalue weighted by Gasteiger charge is 2.28. The van der Waals surface area contributed by atoms with Crippen molar-refractivity contribution >= 4 is 16.0 Å². The van der Waals surface area contributed by atoms with Crippen LogP contribution in [0.4, 0.5) is 0 Å². The molecule has 0 heterocycles. The van der Waals surface area contributed by atoms with E-state index in [1.54, 1.807) is 0 Å². The predicted molar refractivity (Wildman–Crippen MR) is 195 cm³/mol. The standard InChI is InChI=1S/C38H73NO6S/c1-3-5-7-9-11-12-13-14-15-16-17-18-19-20-21-22-23-24-25-27-29-31-33-37(41)38(42)39-35(34-46(43,44)45)36(40)32-30-28-26-10-8-6-4-2/h17-18,20-21,35-37,40-41H,3-16,19,22-34H2,1-2H3,(H,39,42)(H,43,44,45)/b18-17-,21-20-. The molecular weight excluding hydrogens is 598 g/mol. The summed E-state index contributed by atoms with van der Waals surface area (Å²) in [6, 6.07) is -1.15. The smallest absolute Gasteiger partial charge is 0.266 e. The van der Waals surface area contributed by atoms with Crippen molar-refractivity contribution in [1.82, 2.24) is 5.32 Å². The molecular formula is C38H73NO6S. The molecule has 0 saturated carbocycles. The lowest BCUT2D eigenvalue weighted by Gasteiger charge is -2.24. The van der Waals surface area contributed by atoms with Gasteiger partial charge in [-0.2, -0.15) is 8.42 Å². The zero-order valence-electron chi connectivity index (χ0n) is 29.8. The summed E-state index contributed by atoms with van der Waals surface area (Å²) in [6.45, 7) is 4.43. The third kappa shape index (κ3) is 31.4. The monoisotopic (exact) mass is 672 g/mol. The fourth-order valence-corrected chi connectivity index (χ4v) is 6.54. The molecule has 0 saturated heterocycles. The zero-order valence-corrected chi connectivity index (χ0v) is 30.6. The molecule has 8 heteroatoms. The van der Waals surface area contributed by atoms with Crippen molar-refractivity contribution in [2.24, 2.45) is 0 Å². The third-order valence-electron chi connectivity index (χ3n) is 8.77. The molecule has 0 aromatic carbocycles. The second-order valence-electron chi connectivity index (χ2n) is 13.4. The van der Waals surface area contributed by atoms with Crippen LogP contribution in [0, 0.1) is 0 Å². The SMILES string of the molecule is CCCCCCCCCCC/C=C\C/C=C\CCCCCCCCC(O)C(=O)NC(CS(=O)(=O)O)C(O)CCCCCCCCC. The number of hydrogen-bond acceptors (Lipinski definition) is 5. The van der Waals surface area contributed by atoms with Crippen molar-refractivity contribution in [2.75, 3.05) is 5.75 Å². The number of allylic oxidation sites excluding steroid dienone is 4. The molecule has 3 unspecified atom stereocenters. The van der Waals surface area contributed by atoms with E-state index in [4.69, 9.17) is 0 Å². The second-order valence-corrected chi connectivity index (χ2v) is 14.8. The van der Waals surface area contributed by atoms with Crippen molar-refractivity contribution in [3.63, 3.8) is 0 Å². The van der Waals surface area contributed by atoms with E-state index in [0.29, 0.717) is 19.3 Å². The molecule has 0 aliphatic rings. The van der Waals surface area contributed by atoms with E-state index in [1.165, 1.54) is 89.9 Å². The quantitative estimate of drug-likeness (QED) is 0.0307. The molecule has 0 aliphatic heterocycles. The minimum Gasteiger partial charge on any atom is -0.391 e. The topological polar surface area (TPSA) is 124 Å². The highest BCUT2D eigenvalue weighted by Crippen LogP contribution is 2.15. The number of hydrogen-bond donors (Lipinski definition) is 4. The Morgan fingerprint density at radius 1 is 0.587 bits per heavy atom. The summed E-state index contributed by atoms with van der Waals surface area (Å²) in [4.78, 5) is 12.5. The van der Waals surface area contributed by atoms with E-state index in [1.807, 2.05) is 0 Å². The maximum absolute atomic E-state index is 12.5. The Balaban J connectivity index is 3.90. The van der Waals surface area contributed by atoms with Crippen molar-refractivity contribution in [3.8, 4) is 0 Å². The first-order valence-electron chi connectivity index (χ1n) is 19.1. The van der Waals surface area contributed by atoms with Gasteiger partial charge in [0.15, 0.2) is 0 Å². The summed E-state index contributed by atoms with van der Waals surface area (Å²) in [7, 11) is -4.40. The highest BCUT2D eigenvalue weighted by molar-refractivity contribution is 7.85. The number of aliphatic hydroxyl groups is 2. The van der Waals surface area contributed by atoms with Crippen LogP contribution in [-0.4, -0.2) is 53.1 Å². The molecule has 0 spiro atoms. The zero-order chi connectivity index (χ0) is 34.1. The van der Waals surface area contributed by atoms with E-state index in [9.17, 15) is 28.0 Å². The van der Waals surface area contributed by atoms with Gasteiger partial charge in [0.1, 0.15) is 6.10 Å². The first-order valence-corrected chi connectivity index (χ1v) is 20.7. The Labute approximate surface area is 284 Å². The van der Waals surface area contributed by atoms with Crippen LogP contribution in [0.2, 0.25) is 0 Å². The van der Waals surface area contributed by atoms with Gasteiger partial charge >= 0.3 is 0 Å². The molecule has 0 bridgehead atoms. The molecule has 0 aromatic rings. The summed E-state index contributed by atoms with van der Waals surface area (Å²) in [5, 5.41) is 23.3. The van der Waals surface area contributed by atoms with Crippen LogP contribution >= 0.6 is 0 Å². The molecule has 1 amide bonds. The Morgan fingerprint density at radius 2 is 0.978 bits per heavy atom. The molecule has 272 valence electrons. The lowest BCUT2D eigenvalue weighted by molar-refractivity contribution is -0.131. The van der Waals surface area contributed by atoms with Crippen molar-refractivity contribution in [1.29, 1.82) is 0 Å². The van der Waals surface area contributed by atoms with Crippen LogP contribution in [0.15, 0.2) is 24.3 Å². The molecule has 0 aromatic heterocycles. The highest BCUT2D eigenvalue weighted by atomic mass is 32.2. The Bertz CT molecular complexity index is 844. The van der Waals surface area contributed by atoms with Crippen molar-refractivity contribution < 1.29 is 28.0 Å². The van der Waals surface area contributed by atoms with Gasteiger partial charge in [0, 0.05) is 0 Å². The lowest BCUT2D eigenvalue weighted by Crippen LogP contribution is -2.50. The van der Waals surface area contributed by atoms with Gasteiger partial charge < -0.3 is 15.5 Å². The Kier molecular flexibility index (Phi) is 31.5. The Hall–Kier alpha value is -1.22. The summed E-state index contributed by atoms with van der Waals surface area (Å²) in [6.07, 6.45) is 36.6. The van der Waals surface area contributed by atoms with Crippen LogP contribution in [0.3, 0.4) is 0 Å².